The highest BCUT2D eigenvalue weighted by Gasteiger charge is 2.29. The molecule has 0 amide bonds. The molecule has 0 aliphatic heterocycles. The van der Waals surface area contributed by atoms with Crippen molar-refractivity contribution in [3.05, 3.63) is 18.2 Å². The number of hydrogen-bond donors (Lipinski definition) is 2. The summed E-state index contributed by atoms with van der Waals surface area (Å²) in [5, 5.41) is 9.14. The lowest BCUT2D eigenvalue weighted by Gasteiger charge is -2.24. The monoisotopic (exact) mass is 250 g/mol. The van der Waals surface area contributed by atoms with E-state index in [1.165, 1.54) is 12.8 Å². The summed E-state index contributed by atoms with van der Waals surface area (Å²) in [6, 6.07) is 6.44. The average molecular weight is 250 g/mol. The molecule has 0 aromatic heterocycles. The zero-order valence-electron chi connectivity index (χ0n) is 10.9. The van der Waals surface area contributed by atoms with Crippen molar-refractivity contribution in [3.63, 3.8) is 0 Å². The van der Waals surface area contributed by atoms with Crippen LogP contribution in [0.1, 0.15) is 26.2 Å². The molecule has 1 fully saturated rings. The van der Waals surface area contributed by atoms with Crippen LogP contribution in [-0.4, -0.2) is 30.9 Å². The van der Waals surface area contributed by atoms with Crippen molar-refractivity contribution >= 4 is 11.4 Å². The van der Waals surface area contributed by atoms with Crippen LogP contribution in [0, 0.1) is 0 Å². The van der Waals surface area contributed by atoms with Gasteiger partial charge in [0.05, 0.1) is 18.9 Å². The molecule has 0 atom stereocenters. The third-order valence-corrected chi connectivity index (χ3v) is 3.12. The molecule has 0 spiro atoms. The van der Waals surface area contributed by atoms with Gasteiger partial charge in [0.1, 0.15) is 5.75 Å². The van der Waals surface area contributed by atoms with Crippen LogP contribution in [0.15, 0.2) is 18.2 Å². The lowest BCUT2D eigenvalue weighted by Crippen LogP contribution is -2.28. The standard InChI is InChI=1S/C14H22N2O2/c1-2-9-18-14-10-12(5-6-13(14)15)16(7-8-17)11-3-4-11/h5-6,10-11,17H,2-4,7-9,15H2,1H3. The predicted octanol–water partition coefficient (Wildman–Crippen LogP) is 2.02. The normalized spacial score (nSPS) is 14.6. The SMILES string of the molecule is CCCOc1cc(N(CCO)C2CC2)ccc1N. The van der Waals surface area contributed by atoms with Gasteiger partial charge in [0.2, 0.25) is 0 Å². The largest absolute Gasteiger partial charge is 0.491 e. The third-order valence-electron chi connectivity index (χ3n) is 3.12. The number of anilines is 2. The van der Waals surface area contributed by atoms with Gasteiger partial charge < -0.3 is 20.5 Å². The number of ether oxygens (including phenoxy) is 1. The van der Waals surface area contributed by atoms with Crippen LogP contribution < -0.4 is 15.4 Å². The van der Waals surface area contributed by atoms with Crippen molar-refractivity contribution in [2.75, 3.05) is 30.4 Å². The summed E-state index contributed by atoms with van der Waals surface area (Å²) in [5.41, 5.74) is 7.67. The Balaban J connectivity index is 2.15. The zero-order chi connectivity index (χ0) is 13.0. The zero-order valence-corrected chi connectivity index (χ0v) is 10.9. The molecule has 0 saturated heterocycles. The number of nitrogens with two attached hydrogens (primary N) is 1. The molecule has 1 aromatic rings. The van der Waals surface area contributed by atoms with E-state index in [4.69, 9.17) is 15.6 Å². The van der Waals surface area contributed by atoms with E-state index in [1.807, 2.05) is 18.2 Å². The van der Waals surface area contributed by atoms with Crippen molar-refractivity contribution in [1.82, 2.24) is 0 Å². The Labute approximate surface area is 108 Å². The number of benzene rings is 1. The van der Waals surface area contributed by atoms with E-state index in [-0.39, 0.29) is 6.61 Å². The van der Waals surface area contributed by atoms with Gasteiger partial charge in [0.25, 0.3) is 0 Å². The average Bonchev–Trinajstić information content (AvgIpc) is 3.19. The molecule has 4 heteroatoms. The molecule has 100 valence electrons. The second kappa shape index (κ2) is 5.96. The van der Waals surface area contributed by atoms with Gasteiger partial charge in [-0.2, -0.15) is 0 Å². The lowest BCUT2D eigenvalue weighted by molar-refractivity contribution is 0.301. The van der Waals surface area contributed by atoms with Crippen LogP contribution in [-0.2, 0) is 0 Å². The van der Waals surface area contributed by atoms with Gasteiger partial charge in [-0.25, -0.2) is 0 Å². The third kappa shape index (κ3) is 3.07. The highest BCUT2D eigenvalue weighted by atomic mass is 16.5. The van der Waals surface area contributed by atoms with E-state index in [0.717, 1.165) is 17.9 Å². The first-order chi connectivity index (χ1) is 8.76. The number of hydrogen-bond acceptors (Lipinski definition) is 4. The Kier molecular flexibility index (Phi) is 4.31. The summed E-state index contributed by atoms with van der Waals surface area (Å²) in [4.78, 5) is 2.23. The van der Waals surface area contributed by atoms with E-state index in [0.29, 0.717) is 24.9 Å². The Morgan fingerprint density at radius 2 is 2.22 bits per heavy atom. The molecule has 0 heterocycles. The van der Waals surface area contributed by atoms with Crippen LogP contribution in [0.25, 0.3) is 0 Å². The minimum atomic E-state index is 0.173. The van der Waals surface area contributed by atoms with E-state index in [1.54, 1.807) is 0 Å². The first-order valence-electron chi connectivity index (χ1n) is 6.66. The molecule has 18 heavy (non-hydrogen) atoms. The number of nitrogens with zero attached hydrogens (tertiary/aromatic N) is 1. The number of rotatable bonds is 7. The first kappa shape index (κ1) is 13.0. The van der Waals surface area contributed by atoms with Crippen LogP contribution in [0.2, 0.25) is 0 Å². The molecule has 4 nitrogen and oxygen atoms in total. The summed E-state index contributed by atoms with van der Waals surface area (Å²) < 4.78 is 5.64. The molecule has 1 aliphatic rings. The summed E-state index contributed by atoms with van der Waals surface area (Å²) >= 11 is 0. The van der Waals surface area contributed by atoms with E-state index >= 15 is 0 Å². The molecule has 1 aromatic carbocycles. The van der Waals surface area contributed by atoms with Crippen molar-refractivity contribution in [1.29, 1.82) is 0 Å². The van der Waals surface area contributed by atoms with Gasteiger partial charge in [0.15, 0.2) is 0 Å². The summed E-state index contributed by atoms with van der Waals surface area (Å²) in [6.07, 6.45) is 3.37. The van der Waals surface area contributed by atoms with Gasteiger partial charge in [-0.05, 0) is 31.4 Å². The second-order valence-corrected chi connectivity index (χ2v) is 4.72. The number of nitrogen functional groups attached to an aromatic ring is 1. The van der Waals surface area contributed by atoms with Crippen molar-refractivity contribution in [2.45, 2.75) is 32.2 Å². The van der Waals surface area contributed by atoms with Crippen LogP contribution in [0.4, 0.5) is 11.4 Å². The van der Waals surface area contributed by atoms with E-state index < -0.39 is 0 Å². The van der Waals surface area contributed by atoms with Crippen molar-refractivity contribution in [2.24, 2.45) is 0 Å². The summed E-state index contributed by atoms with van der Waals surface area (Å²) in [7, 11) is 0. The number of aliphatic hydroxyl groups is 1. The molecule has 3 N–H and O–H groups in total. The van der Waals surface area contributed by atoms with E-state index in [2.05, 4.69) is 11.8 Å². The van der Waals surface area contributed by atoms with Gasteiger partial charge in [0, 0.05) is 24.3 Å². The van der Waals surface area contributed by atoms with Crippen LogP contribution >= 0.6 is 0 Å². The second-order valence-electron chi connectivity index (χ2n) is 4.72. The molecule has 0 bridgehead atoms. The van der Waals surface area contributed by atoms with E-state index in [9.17, 15) is 0 Å². The molecular weight excluding hydrogens is 228 g/mol. The highest BCUT2D eigenvalue weighted by molar-refractivity contribution is 5.63. The van der Waals surface area contributed by atoms with Crippen molar-refractivity contribution in [3.8, 4) is 5.75 Å². The van der Waals surface area contributed by atoms with Gasteiger partial charge in [-0.3, -0.25) is 0 Å². The Bertz CT molecular complexity index is 391. The molecule has 0 radical (unpaired) electrons. The molecule has 1 saturated carbocycles. The van der Waals surface area contributed by atoms with Gasteiger partial charge >= 0.3 is 0 Å². The predicted molar refractivity (Wildman–Crippen MR) is 74.1 cm³/mol. The fraction of sp³-hybridized carbons (Fsp3) is 0.571. The fourth-order valence-corrected chi connectivity index (χ4v) is 2.06. The quantitative estimate of drug-likeness (QED) is 0.727. The summed E-state index contributed by atoms with van der Waals surface area (Å²) in [5.74, 6) is 0.748. The lowest BCUT2D eigenvalue weighted by atomic mass is 10.2. The maximum atomic E-state index is 9.14. The smallest absolute Gasteiger partial charge is 0.144 e. The Hall–Kier alpha value is -1.42. The molecule has 1 aliphatic carbocycles. The Morgan fingerprint density at radius 3 is 2.83 bits per heavy atom. The molecular formula is C14H22N2O2. The van der Waals surface area contributed by atoms with Crippen molar-refractivity contribution < 1.29 is 9.84 Å². The minimum Gasteiger partial charge on any atom is -0.491 e. The fourth-order valence-electron chi connectivity index (χ4n) is 2.06. The summed E-state index contributed by atoms with van der Waals surface area (Å²) in [6.45, 7) is 3.59. The Morgan fingerprint density at radius 1 is 1.44 bits per heavy atom. The maximum Gasteiger partial charge on any atom is 0.144 e. The molecule has 0 unspecified atom stereocenters. The topological polar surface area (TPSA) is 58.7 Å². The van der Waals surface area contributed by atoms with Gasteiger partial charge in [-0.1, -0.05) is 6.92 Å². The highest BCUT2D eigenvalue weighted by Crippen LogP contribution is 2.34. The van der Waals surface area contributed by atoms with Crippen LogP contribution in [0.5, 0.6) is 5.75 Å². The number of aliphatic hydroxyl groups excluding tert-OH is 1. The first-order valence-corrected chi connectivity index (χ1v) is 6.66. The maximum absolute atomic E-state index is 9.14. The molecule has 2 rings (SSSR count). The van der Waals surface area contributed by atoms with Crippen LogP contribution in [0.3, 0.4) is 0 Å². The van der Waals surface area contributed by atoms with Gasteiger partial charge in [-0.15, -0.1) is 0 Å². The minimum absolute atomic E-state index is 0.173.